The first-order valence-corrected chi connectivity index (χ1v) is 7.96. The standard InChI is InChI=1S/C16H15N3O4S/c1-9-14(24-10(2)17-9)16(20)22-8-13-18-15(23-19-13)11-4-6-12(21-3)7-5-11/h4-7H,8H2,1-3H3. The molecule has 24 heavy (non-hydrogen) atoms. The Morgan fingerprint density at radius 3 is 2.58 bits per heavy atom. The highest BCUT2D eigenvalue weighted by Crippen LogP contribution is 2.21. The lowest BCUT2D eigenvalue weighted by atomic mass is 10.2. The molecule has 0 atom stereocenters. The molecule has 0 aliphatic heterocycles. The fourth-order valence-electron chi connectivity index (χ4n) is 2.08. The molecule has 0 fully saturated rings. The summed E-state index contributed by atoms with van der Waals surface area (Å²) in [6, 6.07) is 7.22. The zero-order chi connectivity index (χ0) is 17.1. The SMILES string of the molecule is COc1ccc(-c2nc(COC(=O)c3sc(C)nc3C)no2)cc1. The summed E-state index contributed by atoms with van der Waals surface area (Å²) < 4.78 is 15.5. The van der Waals surface area contributed by atoms with Gasteiger partial charge in [-0.1, -0.05) is 5.16 Å². The van der Waals surface area contributed by atoms with Crippen LogP contribution in [-0.4, -0.2) is 28.2 Å². The van der Waals surface area contributed by atoms with Crippen molar-refractivity contribution >= 4 is 17.3 Å². The second-order valence-corrected chi connectivity index (χ2v) is 6.17. The summed E-state index contributed by atoms with van der Waals surface area (Å²) in [5.41, 5.74) is 1.42. The highest BCUT2D eigenvalue weighted by atomic mass is 32.1. The topological polar surface area (TPSA) is 87.3 Å². The van der Waals surface area contributed by atoms with Crippen molar-refractivity contribution < 1.29 is 18.8 Å². The van der Waals surface area contributed by atoms with E-state index in [-0.39, 0.29) is 6.61 Å². The van der Waals surface area contributed by atoms with E-state index in [0.29, 0.717) is 22.3 Å². The highest BCUT2D eigenvalue weighted by molar-refractivity contribution is 7.13. The van der Waals surface area contributed by atoms with E-state index in [1.807, 2.05) is 19.1 Å². The molecule has 0 unspecified atom stereocenters. The van der Waals surface area contributed by atoms with Gasteiger partial charge in [-0.3, -0.25) is 0 Å². The highest BCUT2D eigenvalue weighted by Gasteiger charge is 2.17. The van der Waals surface area contributed by atoms with Gasteiger partial charge in [0.2, 0.25) is 5.82 Å². The van der Waals surface area contributed by atoms with Crippen LogP contribution >= 0.6 is 11.3 Å². The Kier molecular flexibility index (Phi) is 4.57. The Hall–Kier alpha value is -2.74. The zero-order valence-corrected chi connectivity index (χ0v) is 14.2. The number of hydrogen-bond acceptors (Lipinski definition) is 8. The maximum absolute atomic E-state index is 12.0. The number of benzene rings is 1. The van der Waals surface area contributed by atoms with Gasteiger partial charge >= 0.3 is 5.97 Å². The van der Waals surface area contributed by atoms with E-state index in [1.165, 1.54) is 11.3 Å². The molecule has 8 heteroatoms. The van der Waals surface area contributed by atoms with Gasteiger partial charge in [0.25, 0.3) is 5.89 Å². The average Bonchev–Trinajstić information content (AvgIpc) is 3.19. The molecule has 0 saturated carbocycles. The molecule has 0 radical (unpaired) electrons. The van der Waals surface area contributed by atoms with Crippen LogP contribution in [0.15, 0.2) is 28.8 Å². The predicted molar refractivity (Wildman–Crippen MR) is 87.0 cm³/mol. The van der Waals surface area contributed by atoms with E-state index < -0.39 is 5.97 Å². The molecule has 0 aliphatic carbocycles. The summed E-state index contributed by atoms with van der Waals surface area (Å²) in [6.45, 7) is 3.56. The van der Waals surface area contributed by atoms with Crippen LogP contribution in [0.5, 0.6) is 5.75 Å². The van der Waals surface area contributed by atoms with Crippen LogP contribution in [0.4, 0.5) is 0 Å². The minimum absolute atomic E-state index is 0.0606. The molecule has 1 aromatic carbocycles. The second kappa shape index (κ2) is 6.79. The van der Waals surface area contributed by atoms with Crippen LogP contribution in [-0.2, 0) is 11.3 Å². The van der Waals surface area contributed by atoms with Gasteiger partial charge in [0.15, 0.2) is 6.61 Å². The first-order valence-electron chi connectivity index (χ1n) is 7.15. The number of aromatic nitrogens is 3. The Bertz CT molecular complexity index is 855. The number of ether oxygens (including phenoxy) is 2. The number of nitrogens with zero attached hydrogens (tertiary/aromatic N) is 3. The lowest BCUT2D eigenvalue weighted by Gasteiger charge is -2.00. The smallest absolute Gasteiger partial charge is 0.350 e. The van der Waals surface area contributed by atoms with Crippen molar-refractivity contribution in [2.24, 2.45) is 0 Å². The Morgan fingerprint density at radius 2 is 1.96 bits per heavy atom. The number of hydrogen-bond donors (Lipinski definition) is 0. The van der Waals surface area contributed by atoms with Crippen LogP contribution in [0.2, 0.25) is 0 Å². The molecule has 124 valence electrons. The summed E-state index contributed by atoms with van der Waals surface area (Å²) in [4.78, 5) is 21.0. The maximum atomic E-state index is 12.0. The summed E-state index contributed by atoms with van der Waals surface area (Å²) in [5, 5.41) is 4.64. The first kappa shape index (κ1) is 16.1. The third kappa shape index (κ3) is 3.43. The van der Waals surface area contributed by atoms with E-state index in [0.717, 1.165) is 16.3 Å². The minimum Gasteiger partial charge on any atom is -0.497 e. The molecule has 2 aromatic heterocycles. The van der Waals surface area contributed by atoms with Crippen molar-refractivity contribution in [1.82, 2.24) is 15.1 Å². The van der Waals surface area contributed by atoms with Crippen molar-refractivity contribution in [1.29, 1.82) is 0 Å². The fraction of sp³-hybridized carbons (Fsp3) is 0.250. The van der Waals surface area contributed by atoms with E-state index in [1.54, 1.807) is 26.2 Å². The van der Waals surface area contributed by atoms with Crippen LogP contribution in [0.3, 0.4) is 0 Å². The molecule has 0 aliphatic rings. The quantitative estimate of drug-likeness (QED) is 0.656. The lowest BCUT2D eigenvalue weighted by Crippen LogP contribution is -2.05. The summed E-state index contributed by atoms with van der Waals surface area (Å²) in [5.74, 6) is 0.957. The maximum Gasteiger partial charge on any atom is 0.350 e. The largest absolute Gasteiger partial charge is 0.497 e. The molecular weight excluding hydrogens is 330 g/mol. The molecule has 7 nitrogen and oxygen atoms in total. The first-order chi connectivity index (χ1) is 11.6. The summed E-state index contributed by atoms with van der Waals surface area (Å²) in [6.07, 6.45) is 0. The van der Waals surface area contributed by atoms with Crippen molar-refractivity contribution in [3.05, 3.63) is 45.7 Å². The van der Waals surface area contributed by atoms with Crippen LogP contribution in [0.1, 0.15) is 26.2 Å². The normalized spacial score (nSPS) is 10.6. The number of esters is 1. The molecule has 3 rings (SSSR count). The zero-order valence-electron chi connectivity index (χ0n) is 13.4. The van der Waals surface area contributed by atoms with E-state index >= 15 is 0 Å². The van der Waals surface area contributed by atoms with Crippen LogP contribution in [0, 0.1) is 13.8 Å². The number of aryl methyl sites for hydroxylation is 2. The van der Waals surface area contributed by atoms with Gasteiger partial charge in [-0.2, -0.15) is 4.98 Å². The van der Waals surface area contributed by atoms with E-state index in [4.69, 9.17) is 14.0 Å². The van der Waals surface area contributed by atoms with Gasteiger partial charge in [0.1, 0.15) is 10.6 Å². The number of rotatable bonds is 5. The number of carbonyl (C=O) groups is 1. The van der Waals surface area contributed by atoms with Crippen molar-refractivity contribution in [3.63, 3.8) is 0 Å². The van der Waals surface area contributed by atoms with Gasteiger partial charge in [-0.25, -0.2) is 9.78 Å². The van der Waals surface area contributed by atoms with Gasteiger partial charge in [-0.15, -0.1) is 11.3 Å². The lowest BCUT2D eigenvalue weighted by molar-refractivity contribution is 0.0464. The average molecular weight is 345 g/mol. The molecule has 0 amide bonds. The van der Waals surface area contributed by atoms with Gasteiger partial charge in [0.05, 0.1) is 17.8 Å². The van der Waals surface area contributed by atoms with Crippen LogP contribution in [0.25, 0.3) is 11.5 Å². The third-order valence-corrected chi connectivity index (χ3v) is 4.28. The fourth-order valence-corrected chi connectivity index (χ4v) is 2.89. The van der Waals surface area contributed by atoms with Gasteiger partial charge < -0.3 is 14.0 Å². The molecule has 0 saturated heterocycles. The number of thiazole rings is 1. The molecule has 0 bridgehead atoms. The Balaban J connectivity index is 1.65. The van der Waals surface area contributed by atoms with Crippen LogP contribution < -0.4 is 4.74 Å². The summed E-state index contributed by atoms with van der Waals surface area (Å²) in [7, 11) is 1.60. The number of methoxy groups -OCH3 is 1. The number of carbonyl (C=O) groups excluding carboxylic acids is 1. The van der Waals surface area contributed by atoms with Crippen molar-refractivity contribution in [2.45, 2.75) is 20.5 Å². The van der Waals surface area contributed by atoms with Crippen molar-refractivity contribution in [3.8, 4) is 17.2 Å². The minimum atomic E-state index is -0.436. The predicted octanol–water partition coefficient (Wildman–Crippen LogP) is 3.18. The Morgan fingerprint density at radius 1 is 1.21 bits per heavy atom. The van der Waals surface area contributed by atoms with Gasteiger partial charge in [-0.05, 0) is 38.1 Å². The third-order valence-electron chi connectivity index (χ3n) is 3.23. The summed E-state index contributed by atoms with van der Waals surface area (Å²) >= 11 is 1.30. The van der Waals surface area contributed by atoms with Gasteiger partial charge in [0, 0.05) is 5.56 Å². The molecule has 0 N–H and O–H groups in total. The van der Waals surface area contributed by atoms with E-state index in [9.17, 15) is 4.79 Å². The second-order valence-electron chi connectivity index (χ2n) is 4.97. The Labute approximate surface area is 142 Å². The molecule has 3 aromatic rings. The van der Waals surface area contributed by atoms with Crippen molar-refractivity contribution in [2.75, 3.05) is 7.11 Å². The molecule has 2 heterocycles. The molecular formula is C16H15N3O4S. The molecule has 0 spiro atoms. The monoisotopic (exact) mass is 345 g/mol. The van der Waals surface area contributed by atoms with E-state index in [2.05, 4.69) is 15.1 Å².